The predicted octanol–water partition coefficient (Wildman–Crippen LogP) is 3.14. The van der Waals surface area contributed by atoms with E-state index < -0.39 is 24.4 Å². The van der Waals surface area contributed by atoms with Crippen LogP contribution in [0, 0.1) is 0 Å². The molecule has 1 aliphatic heterocycles. The van der Waals surface area contributed by atoms with Crippen LogP contribution in [0.4, 0.5) is 17.6 Å². The van der Waals surface area contributed by atoms with Crippen LogP contribution in [0.15, 0.2) is 24.3 Å². The van der Waals surface area contributed by atoms with Crippen LogP contribution in [0.1, 0.15) is 11.7 Å². The minimum atomic E-state index is -4.68. The molecule has 0 aliphatic carbocycles. The second kappa shape index (κ2) is 6.19. The maximum Gasteiger partial charge on any atom is 0.383 e. The molecule has 0 bridgehead atoms. The number of morpholine rings is 1. The lowest BCUT2D eigenvalue weighted by Crippen LogP contribution is -2.52. The first-order valence-electron chi connectivity index (χ1n) is 6.14. The molecule has 0 N–H and O–H groups in total. The molecule has 0 spiro atoms. The zero-order valence-electron chi connectivity index (χ0n) is 10.7. The molecule has 0 saturated carbocycles. The van der Waals surface area contributed by atoms with Crippen LogP contribution in [0.3, 0.4) is 0 Å². The molecule has 1 atom stereocenters. The van der Waals surface area contributed by atoms with Gasteiger partial charge in [-0.3, -0.25) is 4.79 Å². The molecule has 1 heterocycles. The van der Waals surface area contributed by atoms with Crippen LogP contribution in [-0.2, 0) is 9.53 Å². The molecule has 1 saturated heterocycles. The molecule has 0 radical (unpaired) electrons. The molecule has 1 amide bonds. The van der Waals surface area contributed by atoms with Crippen molar-refractivity contribution in [1.29, 1.82) is 0 Å². The number of alkyl halides is 4. The Balaban J connectivity index is 2.10. The van der Waals surface area contributed by atoms with Crippen molar-refractivity contribution in [2.24, 2.45) is 0 Å². The average Bonchev–Trinajstić information content (AvgIpc) is 2.47. The average molecular weight is 326 g/mol. The zero-order valence-corrected chi connectivity index (χ0v) is 11.5. The smallest absolute Gasteiger partial charge is 0.370 e. The second-order valence-electron chi connectivity index (χ2n) is 4.59. The van der Waals surface area contributed by atoms with Gasteiger partial charge in [0.1, 0.15) is 6.10 Å². The van der Waals surface area contributed by atoms with Crippen molar-refractivity contribution in [3.8, 4) is 0 Å². The minimum absolute atomic E-state index is 0.00164. The quantitative estimate of drug-likeness (QED) is 0.799. The van der Waals surface area contributed by atoms with Gasteiger partial charge in [-0.1, -0.05) is 23.7 Å². The third-order valence-corrected chi connectivity index (χ3v) is 3.41. The van der Waals surface area contributed by atoms with Gasteiger partial charge in [0.15, 0.2) is 0 Å². The lowest BCUT2D eigenvalue weighted by atomic mass is 10.1. The molecular formula is C13H12ClF4NO2. The molecule has 1 aliphatic rings. The first-order chi connectivity index (χ1) is 9.82. The van der Waals surface area contributed by atoms with Gasteiger partial charge in [-0.15, -0.1) is 0 Å². The molecule has 1 fully saturated rings. The molecule has 8 heteroatoms. The molecule has 1 unspecified atom stereocenters. The number of rotatable bonds is 3. The molecule has 1 aromatic carbocycles. The summed E-state index contributed by atoms with van der Waals surface area (Å²) in [6, 6.07) is 6.45. The number of amides is 1. The highest BCUT2D eigenvalue weighted by Gasteiger charge is 2.51. The number of carbonyl (C=O) groups is 1. The molecule has 0 aromatic heterocycles. The maximum atomic E-state index is 13.1. The van der Waals surface area contributed by atoms with E-state index in [0.29, 0.717) is 15.5 Å². The highest BCUT2D eigenvalue weighted by atomic mass is 35.5. The van der Waals surface area contributed by atoms with Crippen molar-refractivity contribution in [3.05, 3.63) is 34.9 Å². The fraction of sp³-hybridized carbons (Fsp3) is 0.462. The van der Waals surface area contributed by atoms with Crippen molar-refractivity contribution >= 4 is 17.5 Å². The topological polar surface area (TPSA) is 29.5 Å². The Morgan fingerprint density at radius 1 is 1.33 bits per heavy atom. The van der Waals surface area contributed by atoms with E-state index in [9.17, 15) is 22.4 Å². The normalized spacial score (nSPS) is 19.9. The van der Waals surface area contributed by atoms with E-state index in [4.69, 9.17) is 16.3 Å². The SMILES string of the molecule is O=C(N1CCOC(c2ccc(Cl)cc2)C1)C(F)(F)C(F)F. The Kier molecular flexibility index (Phi) is 4.73. The van der Waals surface area contributed by atoms with Crippen LogP contribution < -0.4 is 0 Å². The standard InChI is InChI=1S/C13H12ClF4NO2/c14-9-3-1-8(2-4-9)10-7-19(5-6-21-10)12(20)13(17,18)11(15)16/h1-4,10-11H,5-7H2. The molecule has 3 nitrogen and oxygen atoms in total. The number of carbonyl (C=O) groups excluding carboxylic acids is 1. The van der Waals surface area contributed by atoms with Gasteiger partial charge in [0.2, 0.25) is 0 Å². The van der Waals surface area contributed by atoms with E-state index in [1.807, 2.05) is 0 Å². The lowest BCUT2D eigenvalue weighted by Gasteiger charge is -2.34. The number of nitrogens with zero attached hydrogens (tertiary/aromatic N) is 1. The van der Waals surface area contributed by atoms with Gasteiger partial charge in [0.05, 0.1) is 13.2 Å². The molecular weight excluding hydrogens is 314 g/mol. The fourth-order valence-electron chi connectivity index (χ4n) is 2.02. The molecule has 1 aromatic rings. The Bertz CT molecular complexity index is 509. The fourth-order valence-corrected chi connectivity index (χ4v) is 2.14. The third-order valence-electron chi connectivity index (χ3n) is 3.15. The van der Waals surface area contributed by atoms with E-state index in [2.05, 4.69) is 0 Å². The highest BCUT2D eigenvalue weighted by molar-refractivity contribution is 6.30. The Labute approximate surface area is 123 Å². The summed E-state index contributed by atoms with van der Waals surface area (Å²) in [7, 11) is 0. The predicted molar refractivity (Wildman–Crippen MR) is 67.7 cm³/mol. The summed E-state index contributed by atoms with van der Waals surface area (Å²) in [5.41, 5.74) is 0.636. The van der Waals surface area contributed by atoms with Crippen LogP contribution in [0.2, 0.25) is 5.02 Å². The number of halogens is 5. The Morgan fingerprint density at radius 2 is 1.95 bits per heavy atom. The monoisotopic (exact) mass is 325 g/mol. The highest BCUT2D eigenvalue weighted by Crippen LogP contribution is 2.29. The summed E-state index contributed by atoms with van der Waals surface area (Å²) < 4.78 is 56.1. The summed E-state index contributed by atoms with van der Waals surface area (Å²) in [5.74, 6) is -6.55. The van der Waals surface area contributed by atoms with E-state index in [1.54, 1.807) is 24.3 Å². The Morgan fingerprint density at radius 3 is 2.52 bits per heavy atom. The van der Waals surface area contributed by atoms with Crippen LogP contribution in [0.5, 0.6) is 0 Å². The van der Waals surface area contributed by atoms with Crippen LogP contribution >= 0.6 is 11.6 Å². The maximum absolute atomic E-state index is 13.1. The second-order valence-corrected chi connectivity index (χ2v) is 5.02. The first kappa shape index (κ1) is 16.0. The third kappa shape index (κ3) is 3.47. The minimum Gasteiger partial charge on any atom is -0.370 e. The first-order valence-corrected chi connectivity index (χ1v) is 6.52. The van der Waals surface area contributed by atoms with Gasteiger partial charge in [0.25, 0.3) is 5.91 Å². The number of hydrogen-bond donors (Lipinski definition) is 0. The summed E-state index contributed by atoms with van der Waals surface area (Å²) in [4.78, 5) is 12.2. The largest absolute Gasteiger partial charge is 0.383 e. The van der Waals surface area contributed by atoms with Gasteiger partial charge in [-0.25, -0.2) is 8.78 Å². The van der Waals surface area contributed by atoms with Gasteiger partial charge in [-0.2, -0.15) is 8.78 Å². The van der Waals surface area contributed by atoms with Crippen LogP contribution in [0.25, 0.3) is 0 Å². The van der Waals surface area contributed by atoms with Gasteiger partial charge < -0.3 is 9.64 Å². The summed E-state index contributed by atoms with van der Waals surface area (Å²) in [6.45, 7) is -0.355. The summed E-state index contributed by atoms with van der Waals surface area (Å²) in [6.07, 6.45) is -4.67. The molecule has 21 heavy (non-hydrogen) atoms. The number of hydrogen-bond acceptors (Lipinski definition) is 2. The van der Waals surface area contributed by atoms with Crippen molar-refractivity contribution in [1.82, 2.24) is 4.90 Å². The molecule has 116 valence electrons. The van der Waals surface area contributed by atoms with Gasteiger partial charge in [0, 0.05) is 11.6 Å². The number of benzene rings is 1. The van der Waals surface area contributed by atoms with Crippen molar-refractivity contribution in [3.63, 3.8) is 0 Å². The summed E-state index contributed by atoms with van der Waals surface area (Å²) in [5, 5.41) is 0.492. The zero-order chi connectivity index (χ0) is 15.6. The summed E-state index contributed by atoms with van der Waals surface area (Å²) >= 11 is 5.74. The van der Waals surface area contributed by atoms with Crippen molar-refractivity contribution in [2.45, 2.75) is 18.5 Å². The van der Waals surface area contributed by atoms with E-state index in [1.165, 1.54) is 0 Å². The van der Waals surface area contributed by atoms with Gasteiger partial charge >= 0.3 is 12.3 Å². The van der Waals surface area contributed by atoms with E-state index in [0.717, 1.165) is 0 Å². The van der Waals surface area contributed by atoms with Crippen LogP contribution in [-0.4, -0.2) is 42.9 Å². The van der Waals surface area contributed by atoms with Crippen molar-refractivity contribution < 1.29 is 27.1 Å². The van der Waals surface area contributed by atoms with Crippen molar-refractivity contribution in [2.75, 3.05) is 19.7 Å². The van der Waals surface area contributed by atoms with E-state index in [-0.39, 0.29) is 19.7 Å². The Hall–Kier alpha value is -1.34. The number of ether oxygens (including phenoxy) is 1. The van der Waals surface area contributed by atoms with E-state index >= 15 is 0 Å². The van der Waals surface area contributed by atoms with Gasteiger partial charge in [-0.05, 0) is 17.7 Å². The lowest BCUT2D eigenvalue weighted by molar-refractivity contribution is -0.186. The molecule has 2 rings (SSSR count).